The van der Waals surface area contributed by atoms with Crippen LogP contribution in [0.2, 0.25) is 0 Å². The minimum absolute atomic E-state index is 0.227. The van der Waals surface area contributed by atoms with Gasteiger partial charge in [0.25, 0.3) is 0 Å². The van der Waals surface area contributed by atoms with E-state index in [2.05, 4.69) is 24.3 Å². The summed E-state index contributed by atoms with van der Waals surface area (Å²) in [6, 6.07) is 2.02. The highest BCUT2D eigenvalue weighted by Gasteiger charge is 2.12. The second kappa shape index (κ2) is 5.84. The van der Waals surface area contributed by atoms with E-state index in [1.54, 1.807) is 13.8 Å². The number of hydrogen-bond acceptors (Lipinski definition) is 9. The van der Waals surface area contributed by atoms with E-state index >= 15 is 0 Å². The van der Waals surface area contributed by atoms with Gasteiger partial charge in [-0.15, -0.1) is 10.2 Å². The van der Waals surface area contributed by atoms with Gasteiger partial charge in [0.15, 0.2) is 15.1 Å². The molecule has 0 aliphatic heterocycles. The van der Waals surface area contributed by atoms with Crippen LogP contribution < -0.4 is 4.72 Å². The Kier molecular flexibility index (Phi) is 4.31. The fourth-order valence-corrected chi connectivity index (χ4v) is 3.63. The maximum Gasteiger partial charge on any atom is 0.231 e. The Bertz CT molecular complexity index is 843. The molecule has 0 bridgehead atoms. The van der Waals surface area contributed by atoms with Gasteiger partial charge in [0.1, 0.15) is 11.6 Å². The molecule has 0 radical (unpaired) electrons. The van der Waals surface area contributed by atoms with E-state index in [0.717, 1.165) is 29.1 Å². The van der Waals surface area contributed by atoms with Crippen molar-refractivity contribution in [3.8, 4) is 6.07 Å². The number of aryl methyl sites for hydroxylation is 2. The molecule has 8 nitrogen and oxygen atoms in total. The Morgan fingerprint density at radius 3 is 2.52 bits per heavy atom. The number of nitrogens with one attached hydrogen (secondary N) is 1. The number of anilines is 1. The maximum atomic E-state index is 11.1. The van der Waals surface area contributed by atoms with Crippen LogP contribution in [-0.2, 0) is 10.0 Å². The average Bonchev–Trinajstić information content (AvgIpc) is 2.88. The van der Waals surface area contributed by atoms with Crippen LogP contribution in [-0.4, -0.2) is 24.0 Å². The molecule has 1 N–H and O–H groups in total. The molecule has 0 saturated heterocycles. The Hall–Kier alpha value is -1.90. The van der Waals surface area contributed by atoms with Crippen molar-refractivity contribution in [3.05, 3.63) is 17.0 Å². The Morgan fingerprint density at radius 2 is 1.90 bits per heavy atom. The second-order valence-electron chi connectivity index (χ2n) is 4.04. The number of hydrogen-bond donors (Lipinski definition) is 1. The lowest BCUT2D eigenvalue weighted by atomic mass is 10.3. The van der Waals surface area contributed by atoms with Crippen molar-refractivity contribution in [2.24, 2.45) is 10.2 Å². The number of nitriles is 1. The molecule has 0 aromatic carbocycles. The van der Waals surface area contributed by atoms with Gasteiger partial charge in [0.05, 0.1) is 17.6 Å². The van der Waals surface area contributed by atoms with Gasteiger partial charge in [-0.3, -0.25) is 4.72 Å². The van der Waals surface area contributed by atoms with Crippen molar-refractivity contribution in [1.29, 1.82) is 5.26 Å². The standard InChI is InChI=1S/C10H10N6O2S3/c1-5-7(4-11)9(20-15-5)14-13-8-6(2)12-10(19-8)16-21(3,17)18/h1-3H3,(H,12,16)/b14-13+. The number of aromatic nitrogens is 2. The monoisotopic (exact) mass is 342 g/mol. The van der Waals surface area contributed by atoms with E-state index in [1.807, 2.05) is 6.07 Å². The SMILES string of the molecule is Cc1nc(NS(C)(=O)=O)sc1/N=N/c1snc(C)c1C#N. The molecule has 110 valence electrons. The highest BCUT2D eigenvalue weighted by Crippen LogP contribution is 2.34. The zero-order valence-corrected chi connectivity index (χ0v) is 13.7. The van der Waals surface area contributed by atoms with Gasteiger partial charge in [-0.2, -0.15) is 9.64 Å². The van der Waals surface area contributed by atoms with E-state index in [0.29, 0.717) is 27.0 Å². The van der Waals surface area contributed by atoms with E-state index < -0.39 is 10.0 Å². The van der Waals surface area contributed by atoms with Crippen molar-refractivity contribution in [3.63, 3.8) is 0 Å². The van der Waals surface area contributed by atoms with Crippen LogP contribution in [0.3, 0.4) is 0 Å². The van der Waals surface area contributed by atoms with E-state index in [9.17, 15) is 8.42 Å². The highest BCUT2D eigenvalue weighted by molar-refractivity contribution is 7.92. The van der Waals surface area contributed by atoms with Crippen LogP contribution in [0.4, 0.5) is 15.1 Å². The summed E-state index contributed by atoms with van der Waals surface area (Å²) in [7, 11) is -3.38. The van der Waals surface area contributed by atoms with Crippen molar-refractivity contribution in [2.75, 3.05) is 11.0 Å². The fraction of sp³-hybridized carbons (Fsp3) is 0.300. The second-order valence-corrected chi connectivity index (χ2v) is 7.52. The summed E-state index contributed by atoms with van der Waals surface area (Å²) in [5.41, 5.74) is 1.55. The van der Waals surface area contributed by atoms with Crippen LogP contribution in [0.15, 0.2) is 10.2 Å². The normalized spacial score (nSPS) is 11.7. The van der Waals surface area contributed by atoms with Crippen LogP contribution in [0.5, 0.6) is 0 Å². The summed E-state index contributed by atoms with van der Waals surface area (Å²) in [6.45, 7) is 3.42. The minimum atomic E-state index is -3.38. The molecule has 2 rings (SSSR count). The molecule has 2 heterocycles. The number of azo groups is 1. The van der Waals surface area contributed by atoms with Gasteiger partial charge in [0.2, 0.25) is 10.0 Å². The third-order valence-corrected chi connectivity index (χ3v) is 4.71. The third-order valence-electron chi connectivity index (χ3n) is 2.23. The van der Waals surface area contributed by atoms with Crippen LogP contribution >= 0.6 is 22.9 Å². The van der Waals surface area contributed by atoms with E-state index in [4.69, 9.17) is 5.26 Å². The Morgan fingerprint density at radius 1 is 1.24 bits per heavy atom. The summed E-state index contributed by atoms with van der Waals surface area (Å²) >= 11 is 2.15. The Balaban J connectivity index is 2.28. The number of nitrogens with zero attached hydrogens (tertiary/aromatic N) is 5. The predicted molar refractivity (Wildman–Crippen MR) is 81.1 cm³/mol. The molecule has 0 amide bonds. The first-order valence-electron chi connectivity index (χ1n) is 5.53. The fourth-order valence-electron chi connectivity index (χ4n) is 1.33. The molecule has 0 spiro atoms. The molecule has 2 aromatic rings. The van der Waals surface area contributed by atoms with Crippen LogP contribution in [0.25, 0.3) is 0 Å². The molecule has 0 unspecified atom stereocenters. The van der Waals surface area contributed by atoms with Gasteiger partial charge in [0, 0.05) is 0 Å². The molecule has 11 heteroatoms. The zero-order valence-electron chi connectivity index (χ0n) is 11.3. The quantitative estimate of drug-likeness (QED) is 0.856. The maximum absolute atomic E-state index is 11.1. The average molecular weight is 342 g/mol. The summed E-state index contributed by atoms with van der Waals surface area (Å²) in [4.78, 5) is 4.05. The molecular formula is C10H10N6O2S3. The summed E-state index contributed by atoms with van der Waals surface area (Å²) in [6.07, 6.45) is 1.05. The molecule has 0 saturated carbocycles. The van der Waals surface area contributed by atoms with Crippen molar-refractivity contribution < 1.29 is 8.42 Å². The lowest BCUT2D eigenvalue weighted by Crippen LogP contribution is -2.08. The van der Waals surface area contributed by atoms with Gasteiger partial charge in [-0.05, 0) is 25.4 Å². The van der Waals surface area contributed by atoms with Gasteiger partial charge in [-0.25, -0.2) is 13.4 Å². The van der Waals surface area contributed by atoms with Gasteiger partial charge in [-0.1, -0.05) is 11.3 Å². The Labute approximate surface area is 129 Å². The topological polar surface area (TPSA) is 120 Å². The predicted octanol–water partition coefficient (Wildman–Crippen LogP) is 2.88. The number of sulfonamides is 1. The largest absolute Gasteiger partial charge is 0.259 e. The number of rotatable bonds is 4. The van der Waals surface area contributed by atoms with Crippen LogP contribution in [0.1, 0.15) is 17.0 Å². The summed E-state index contributed by atoms with van der Waals surface area (Å²) in [5.74, 6) is 0. The number of thiazole rings is 1. The molecule has 0 aliphatic carbocycles. The smallest absolute Gasteiger partial charge is 0.231 e. The molecule has 0 aliphatic rings. The third kappa shape index (κ3) is 3.81. The first-order chi connectivity index (χ1) is 9.80. The van der Waals surface area contributed by atoms with Crippen LogP contribution in [0, 0.1) is 25.2 Å². The molecule has 0 atom stereocenters. The van der Waals surface area contributed by atoms with Crippen molar-refractivity contribution in [1.82, 2.24) is 9.36 Å². The minimum Gasteiger partial charge on any atom is -0.259 e. The summed E-state index contributed by atoms with van der Waals surface area (Å²) < 4.78 is 28.6. The van der Waals surface area contributed by atoms with E-state index in [1.165, 1.54) is 0 Å². The molecule has 21 heavy (non-hydrogen) atoms. The van der Waals surface area contributed by atoms with Gasteiger partial charge >= 0.3 is 0 Å². The first-order valence-corrected chi connectivity index (χ1v) is 9.01. The van der Waals surface area contributed by atoms with Crippen molar-refractivity contribution >= 4 is 48.0 Å². The first kappa shape index (κ1) is 15.5. The molecule has 0 fully saturated rings. The molecular weight excluding hydrogens is 332 g/mol. The summed E-state index contributed by atoms with van der Waals surface area (Å²) in [5, 5.41) is 18.1. The lowest BCUT2D eigenvalue weighted by Gasteiger charge is -1.95. The lowest BCUT2D eigenvalue weighted by molar-refractivity contribution is 0.607. The van der Waals surface area contributed by atoms with Gasteiger partial charge < -0.3 is 0 Å². The highest BCUT2D eigenvalue weighted by atomic mass is 32.2. The van der Waals surface area contributed by atoms with Crippen molar-refractivity contribution in [2.45, 2.75) is 13.8 Å². The molecule has 2 aromatic heterocycles. The van der Waals surface area contributed by atoms with E-state index in [-0.39, 0.29) is 5.13 Å². The zero-order chi connectivity index (χ0) is 15.6.